The zero-order valence-electron chi connectivity index (χ0n) is 11.5. The standard InChI is InChI=1S/C16H20N2O/c1-12-5-6-16(15(10-12)13(2)17)19-9-7-14-4-3-8-18-11-14/h3-6,8,10-11,13H,7,9,17H2,1-2H3. The van der Waals surface area contributed by atoms with E-state index < -0.39 is 0 Å². The van der Waals surface area contributed by atoms with Gasteiger partial charge in [0.05, 0.1) is 6.61 Å². The second kappa shape index (κ2) is 6.34. The van der Waals surface area contributed by atoms with Gasteiger partial charge in [-0.25, -0.2) is 0 Å². The number of hydrogen-bond donors (Lipinski definition) is 1. The lowest BCUT2D eigenvalue weighted by atomic mass is 10.1. The average Bonchev–Trinajstić information content (AvgIpc) is 2.41. The quantitative estimate of drug-likeness (QED) is 0.894. The molecule has 3 heteroatoms. The maximum absolute atomic E-state index is 5.98. The third-order valence-electron chi connectivity index (χ3n) is 3.03. The number of pyridine rings is 1. The zero-order chi connectivity index (χ0) is 13.7. The second-order valence-corrected chi connectivity index (χ2v) is 4.79. The Labute approximate surface area is 114 Å². The van der Waals surface area contributed by atoms with Gasteiger partial charge in [0.15, 0.2) is 0 Å². The van der Waals surface area contributed by atoms with Gasteiger partial charge in [0, 0.05) is 30.4 Å². The maximum Gasteiger partial charge on any atom is 0.124 e. The average molecular weight is 256 g/mol. The number of nitrogens with zero attached hydrogens (tertiary/aromatic N) is 1. The smallest absolute Gasteiger partial charge is 0.124 e. The number of aryl methyl sites for hydroxylation is 1. The molecular formula is C16H20N2O. The first kappa shape index (κ1) is 13.6. The van der Waals surface area contributed by atoms with Crippen LogP contribution in [0, 0.1) is 6.92 Å². The van der Waals surface area contributed by atoms with Crippen molar-refractivity contribution in [3.05, 3.63) is 59.4 Å². The molecule has 1 atom stereocenters. The highest BCUT2D eigenvalue weighted by molar-refractivity contribution is 5.38. The molecule has 2 N–H and O–H groups in total. The molecule has 2 rings (SSSR count). The van der Waals surface area contributed by atoms with Gasteiger partial charge in [-0.2, -0.15) is 0 Å². The van der Waals surface area contributed by atoms with Crippen molar-refractivity contribution in [1.29, 1.82) is 0 Å². The van der Waals surface area contributed by atoms with Gasteiger partial charge in [-0.15, -0.1) is 0 Å². The van der Waals surface area contributed by atoms with Gasteiger partial charge in [0.1, 0.15) is 5.75 Å². The first-order valence-corrected chi connectivity index (χ1v) is 6.54. The Bertz CT molecular complexity index is 524. The highest BCUT2D eigenvalue weighted by Gasteiger charge is 2.08. The van der Waals surface area contributed by atoms with Crippen molar-refractivity contribution in [3.63, 3.8) is 0 Å². The van der Waals surface area contributed by atoms with Crippen LogP contribution in [0.4, 0.5) is 0 Å². The van der Waals surface area contributed by atoms with Crippen molar-refractivity contribution in [2.75, 3.05) is 6.61 Å². The van der Waals surface area contributed by atoms with Gasteiger partial charge in [-0.1, -0.05) is 23.8 Å². The van der Waals surface area contributed by atoms with E-state index in [1.54, 1.807) is 6.20 Å². The summed E-state index contributed by atoms with van der Waals surface area (Å²) in [5.41, 5.74) is 9.42. The van der Waals surface area contributed by atoms with Crippen LogP contribution in [0.25, 0.3) is 0 Å². The van der Waals surface area contributed by atoms with E-state index in [1.807, 2.05) is 31.3 Å². The summed E-state index contributed by atoms with van der Waals surface area (Å²) < 4.78 is 5.85. The predicted molar refractivity (Wildman–Crippen MR) is 77.2 cm³/mol. The summed E-state index contributed by atoms with van der Waals surface area (Å²) in [6, 6.07) is 10.1. The van der Waals surface area contributed by atoms with E-state index in [9.17, 15) is 0 Å². The molecule has 0 fully saturated rings. The molecule has 100 valence electrons. The topological polar surface area (TPSA) is 48.1 Å². The van der Waals surface area contributed by atoms with Crippen LogP contribution in [0.15, 0.2) is 42.7 Å². The SMILES string of the molecule is Cc1ccc(OCCc2cccnc2)c(C(C)N)c1. The van der Waals surface area contributed by atoms with E-state index in [1.165, 1.54) is 11.1 Å². The van der Waals surface area contributed by atoms with Crippen LogP contribution in [-0.2, 0) is 6.42 Å². The number of ether oxygens (including phenoxy) is 1. The first-order chi connectivity index (χ1) is 9.16. The molecule has 0 saturated carbocycles. The Hall–Kier alpha value is -1.87. The van der Waals surface area contributed by atoms with Crippen LogP contribution in [0.1, 0.15) is 29.7 Å². The molecule has 0 spiro atoms. The Kier molecular flexibility index (Phi) is 4.53. The third-order valence-corrected chi connectivity index (χ3v) is 3.03. The summed E-state index contributed by atoms with van der Waals surface area (Å²) in [4.78, 5) is 4.09. The van der Waals surface area contributed by atoms with E-state index in [0.717, 1.165) is 17.7 Å². The van der Waals surface area contributed by atoms with E-state index in [4.69, 9.17) is 10.5 Å². The molecule has 2 aromatic rings. The van der Waals surface area contributed by atoms with E-state index in [0.29, 0.717) is 6.61 Å². The summed E-state index contributed by atoms with van der Waals surface area (Å²) in [6.07, 6.45) is 4.49. The monoisotopic (exact) mass is 256 g/mol. The third kappa shape index (κ3) is 3.80. The van der Waals surface area contributed by atoms with Crippen molar-refractivity contribution in [2.24, 2.45) is 5.73 Å². The van der Waals surface area contributed by atoms with Crippen LogP contribution in [0.3, 0.4) is 0 Å². The molecule has 0 bridgehead atoms. The predicted octanol–water partition coefficient (Wildman–Crippen LogP) is 3.03. The van der Waals surface area contributed by atoms with Gasteiger partial charge >= 0.3 is 0 Å². The second-order valence-electron chi connectivity index (χ2n) is 4.79. The lowest BCUT2D eigenvalue weighted by Crippen LogP contribution is -2.10. The number of aromatic nitrogens is 1. The molecule has 3 nitrogen and oxygen atoms in total. The van der Waals surface area contributed by atoms with Crippen LogP contribution in [0.2, 0.25) is 0 Å². The maximum atomic E-state index is 5.98. The summed E-state index contributed by atoms with van der Waals surface area (Å²) in [5.74, 6) is 0.879. The largest absolute Gasteiger partial charge is 0.493 e. The Morgan fingerprint density at radius 3 is 2.84 bits per heavy atom. The minimum absolute atomic E-state index is 0.0201. The highest BCUT2D eigenvalue weighted by atomic mass is 16.5. The molecular weight excluding hydrogens is 236 g/mol. The van der Waals surface area contributed by atoms with Crippen LogP contribution >= 0.6 is 0 Å². The lowest BCUT2D eigenvalue weighted by molar-refractivity contribution is 0.317. The molecule has 1 heterocycles. The fourth-order valence-electron chi connectivity index (χ4n) is 1.98. The zero-order valence-corrected chi connectivity index (χ0v) is 11.5. The van der Waals surface area contributed by atoms with Gasteiger partial charge in [0.2, 0.25) is 0 Å². The van der Waals surface area contributed by atoms with Crippen molar-refractivity contribution in [3.8, 4) is 5.75 Å². The molecule has 0 aliphatic heterocycles. The molecule has 0 saturated heterocycles. The van der Waals surface area contributed by atoms with Gasteiger partial charge < -0.3 is 10.5 Å². The van der Waals surface area contributed by atoms with Crippen molar-refractivity contribution >= 4 is 0 Å². The van der Waals surface area contributed by atoms with Crippen LogP contribution in [0.5, 0.6) is 5.75 Å². The van der Waals surface area contributed by atoms with Gasteiger partial charge in [-0.05, 0) is 31.5 Å². The number of rotatable bonds is 5. The van der Waals surface area contributed by atoms with Crippen LogP contribution < -0.4 is 10.5 Å². The highest BCUT2D eigenvalue weighted by Crippen LogP contribution is 2.25. The molecule has 0 amide bonds. The number of nitrogens with two attached hydrogens (primary N) is 1. The van der Waals surface area contributed by atoms with Crippen LogP contribution in [-0.4, -0.2) is 11.6 Å². The van der Waals surface area contributed by atoms with E-state index in [2.05, 4.69) is 24.0 Å². The molecule has 0 aliphatic carbocycles. The minimum Gasteiger partial charge on any atom is -0.493 e. The number of benzene rings is 1. The lowest BCUT2D eigenvalue weighted by Gasteiger charge is -2.14. The molecule has 1 unspecified atom stereocenters. The molecule has 0 radical (unpaired) electrons. The van der Waals surface area contributed by atoms with E-state index in [-0.39, 0.29) is 6.04 Å². The first-order valence-electron chi connectivity index (χ1n) is 6.54. The summed E-state index contributed by atoms with van der Waals surface area (Å²) in [7, 11) is 0. The van der Waals surface area contributed by atoms with Gasteiger partial charge in [0.25, 0.3) is 0 Å². The van der Waals surface area contributed by atoms with Crippen molar-refractivity contribution in [1.82, 2.24) is 4.98 Å². The van der Waals surface area contributed by atoms with Crippen molar-refractivity contribution < 1.29 is 4.74 Å². The summed E-state index contributed by atoms with van der Waals surface area (Å²) >= 11 is 0. The Morgan fingerprint density at radius 1 is 1.32 bits per heavy atom. The summed E-state index contributed by atoms with van der Waals surface area (Å²) in [5, 5.41) is 0. The Morgan fingerprint density at radius 2 is 2.16 bits per heavy atom. The van der Waals surface area contributed by atoms with E-state index >= 15 is 0 Å². The molecule has 1 aromatic heterocycles. The van der Waals surface area contributed by atoms with Gasteiger partial charge in [-0.3, -0.25) is 4.98 Å². The Balaban J connectivity index is 2.00. The van der Waals surface area contributed by atoms with Crippen molar-refractivity contribution in [2.45, 2.75) is 26.3 Å². The number of hydrogen-bond acceptors (Lipinski definition) is 3. The molecule has 19 heavy (non-hydrogen) atoms. The minimum atomic E-state index is -0.0201. The fraction of sp³-hybridized carbons (Fsp3) is 0.312. The fourth-order valence-corrected chi connectivity index (χ4v) is 1.98. The summed E-state index contributed by atoms with van der Waals surface area (Å²) in [6.45, 7) is 4.67. The normalized spacial score (nSPS) is 12.2. The molecule has 0 aliphatic rings. The molecule has 1 aromatic carbocycles.